The quantitative estimate of drug-likeness (QED) is 0.333. The number of hydrogen-bond donors (Lipinski definition) is 2. The lowest BCUT2D eigenvalue weighted by atomic mass is 10.2. The number of fused-ring (bicyclic) bond motifs is 2. The van der Waals surface area contributed by atoms with E-state index in [2.05, 4.69) is 69.8 Å². The van der Waals surface area contributed by atoms with Gasteiger partial charge in [0.25, 0.3) is 0 Å². The average Bonchev–Trinajstić information content (AvgIpc) is 3.47. The Labute approximate surface area is 202 Å². The summed E-state index contributed by atoms with van der Waals surface area (Å²) in [6.45, 7) is 4.57. The molecule has 1 saturated heterocycles. The van der Waals surface area contributed by atoms with Gasteiger partial charge < -0.3 is 15.0 Å². The smallest absolute Gasteiger partial charge is 0.229 e. The Kier molecular flexibility index (Phi) is 6.28. The molecule has 4 heterocycles. The minimum absolute atomic E-state index is 0. The topological polar surface area (TPSA) is 66.1 Å². The van der Waals surface area contributed by atoms with Crippen LogP contribution in [0.2, 0.25) is 0 Å². The first-order valence-electron chi connectivity index (χ1n) is 10.8. The van der Waals surface area contributed by atoms with Gasteiger partial charge in [0.05, 0.1) is 23.8 Å². The zero-order chi connectivity index (χ0) is 21.3. The van der Waals surface area contributed by atoms with Crippen LogP contribution in [0.15, 0.2) is 66.9 Å². The number of anilines is 2. The number of nitrogens with one attached hydrogen (secondary N) is 2. The number of benzene rings is 2. The minimum Gasteiger partial charge on any atom is -0.379 e. The van der Waals surface area contributed by atoms with E-state index >= 15 is 0 Å². The molecule has 8 heteroatoms. The summed E-state index contributed by atoms with van der Waals surface area (Å²) >= 11 is 1.76. The molecule has 0 aliphatic carbocycles. The van der Waals surface area contributed by atoms with Crippen LogP contribution in [0.25, 0.3) is 31.7 Å². The Morgan fingerprint density at radius 2 is 1.82 bits per heavy atom. The summed E-state index contributed by atoms with van der Waals surface area (Å²) in [4.78, 5) is 16.4. The van der Waals surface area contributed by atoms with E-state index in [0.717, 1.165) is 60.1 Å². The van der Waals surface area contributed by atoms with E-state index in [1.807, 2.05) is 12.3 Å². The molecule has 2 N–H and O–H groups in total. The molecule has 2 aromatic carbocycles. The molecule has 0 saturated carbocycles. The lowest BCUT2D eigenvalue weighted by Gasteiger charge is -2.26. The number of thiophene rings is 1. The number of morpholine rings is 1. The lowest BCUT2D eigenvalue weighted by molar-refractivity contribution is 0.0342. The number of hydrogen-bond acceptors (Lipinski definition) is 6. The second kappa shape index (κ2) is 9.49. The fourth-order valence-corrected chi connectivity index (χ4v) is 5.19. The third kappa shape index (κ3) is 4.58. The van der Waals surface area contributed by atoms with Crippen LogP contribution in [-0.4, -0.2) is 46.2 Å². The molecular formula is C25H24ClN5OS. The maximum Gasteiger partial charge on any atom is 0.229 e. The highest BCUT2D eigenvalue weighted by Crippen LogP contribution is 2.36. The monoisotopic (exact) mass is 477 g/mol. The summed E-state index contributed by atoms with van der Waals surface area (Å²) in [5.74, 6) is 0.591. The second-order valence-electron chi connectivity index (χ2n) is 7.99. The Morgan fingerprint density at radius 1 is 1.00 bits per heavy atom. The van der Waals surface area contributed by atoms with Crippen molar-refractivity contribution in [3.63, 3.8) is 0 Å². The highest BCUT2D eigenvalue weighted by atomic mass is 35.5. The number of aromatic amines is 1. The van der Waals surface area contributed by atoms with E-state index in [4.69, 9.17) is 14.7 Å². The van der Waals surface area contributed by atoms with E-state index in [1.54, 1.807) is 11.3 Å². The van der Waals surface area contributed by atoms with Crippen molar-refractivity contribution < 1.29 is 4.74 Å². The summed E-state index contributed by atoms with van der Waals surface area (Å²) in [6, 6.07) is 21.2. The van der Waals surface area contributed by atoms with Crippen LogP contribution >= 0.6 is 23.7 Å². The Balaban J connectivity index is 0.00000228. The van der Waals surface area contributed by atoms with Gasteiger partial charge >= 0.3 is 0 Å². The number of H-pyrrole nitrogens is 1. The van der Waals surface area contributed by atoms with Crippen LogP contribution in [-0.2, 0) is 11.3 Å². The van der Waals surface area contributed by atoms with Crippen molar-refractivity contribution in [1.82, 2.24) is 19.9 Å². The normalized spacial score (nSPS) is 14.4. The molecule has 3 aromatic heterocycles. The van der Waals surface area contributed by atoms with Gasteiger partial charge in [-0.1, -0.05) is 30.3 Å². The maximum absolute atomic E-state index is 5.44. The van der Waals surface area contributed by atoms with Gasteiger partial charge in [-0.05, 0) is 41.3 Å². The fourth-order valence-electron chi connectivity index (χ4n) is 4.12. The highest BCUT2D eigenvalue weighted by Gasteiger charge is 2.14. The SMILES string of the molecule is Cl.c1ccc2sc(-c3nc(Nc4ccc(CN5CCOCC5)cc4)nc4[nH]ccc34)cc2c1. The molecule has 0 atom stereocenters. The molecule has 5 aromatic rings. The van der Waals surface area contributed by atoms with Crippen molar-refractivity contribution in [1.29, 1.82) is 0 Å². The van der Waals surface area contributed by atoms with E-state index in [9.17, 15) is 0 Å². The minimum atomic E-state index is 0. The molecule has 168 valence electrons. The van der Waals surface area contributed by atoms with Crippen LogP contribution in [0, 0.1) is 0 Å². The van der Waals surface area contributed by atoms with Gasteiger partial charge in [0.2, 0.25) is 5.95 Å². The Morgan fingerprint density at radius 3 is 2.64 bits per heavy atom. The van der Waals surface area contributed by atoms with Gasteiger partial charge in [0.15, 0.2) is 0 Å². The van der Waals surface area contributed by atoms with Gasteiger partial charge in [-0.25, -0.2) is 4.98 Å². The van der Waals surface area contributed by atoms with Crippen molar-refractivity contribution in [3.8, 4) is 10.6 Å². The van der Waals surface area contributed by atoms with Crippen LogP contribution < -0.4 is 5.32 Å². The molecule has 0 spiro atoms. The van der Waals surface area contributed by atoms with Gasteiger partial charge in [0, 0.05) is 41.6 Å². The van der Waals surface area contributed by atoms with Crippen molar-refractivity contribution in [2.45, 2.75) is 6.54 Å². The standard InChI is InChI=1S/C25H23N5OS.ClH/c1-2-4-21-18(3-1)15-22(32-21)23-20-9-10-26-24(20)29-25(28-23)27-19-7-5-17(6-8-19)16-30-11-13-31-14-12-30;/h1-10,15H,11-14,16H2,(H2,26,27,28,29);1H. The summed E-state index contributed by atoms with van der Waals surface area (Å²) < 4.78 is 6.70. The summed E-state index contributed by atoms with van der Waals surface area (Å²) in [6.07, 6.45) is 1.92. The van der Waals surface area contributed by atoms with Crippen molar-refractivity contribution in [3.05, 3.63) is 72.4 Å². The molecule has 0 bridgehead atoms. The Hall–Kier alpha value is -2.97. The van der Waals surface area contributed by atoms with Crippen LogP contribution in [0.1, 0.15) is 5.56 Å². The summed E-state index contributed by atoms with van der Waals surface area (Å²) in [7, 11) is 0. The first-order valence-corrected chi connectivity index (χ1v) is 11.6. The van der Waals surface area contributed by atoms with E-state index in [-0.39, 0.29) is 12.4 Å². The third-order valence-corrected chi connectivity index (χ3v) is 6.92. The molecule has 6 rings (SSSR count). The molecule has 33 heavy (non-hydrogen) atoms. The largest absolute Gasteiger partial charge is 0.379 e. The molecule has 0 amide bonds. The number of halogens is 1. The zero-order valence-electron chi connectivity index (χ0n) is 18.0. The van der Waals surface area contributed by atoms with Gasteiger partial charge in [0.1, 0.15) is 5.65 Å². The number of nitrogens with zero attached hydrogens (tertiary/aromatic N) is 3. The van der Waals surface area contributed by atoms with Crippen LogP contribution in [0.5, 0.6) is 0 Å². The molecule has 0 radical (unpaired) electrons. The average molecular weight is 478 g/mol. The zero-order valence-corrected chi connectivity index (χ0v) is 19.6. The summed E-state index contributed by atoms with van der Waals surface area (Å²) in [5.41, 5.74) is 4.05. The number of aromatic nitrogens is 3. The summed E-state index contributed by atoms with van der Waals surface area (Å²) in [5, 5.41) is 5.66. The first kappa shape index (κ1) is 21.9. The molecule has 1 fully saturated rings. The van der Waals surface area contributed by atoms with Gasteiger partial charge in [-0.15, -0.1) is 23.7 Å². The maximum atomic E-state index is 5.44. The van der Waals surface area contributed by atoms with E-state index in [0.29, 0.717) is 5.95 Å². The van der Waals surface area contributed by atoms with Crippen molar-refractivity contribution >= 4 is 56.5 Å². The number of ether oxygens (including phenoxy) is 1. The van der Waals surface area contributed by atoms with E-state index in [1.165, 1.54) is 15.6 Å². The molecule has 6 nitrogen and oxygen atoms in total. The third-order valence-electron chi connectivity index (χ3n) is 5.79. The van der Waals surface area contributed by atoms with Crippen LogP contribution in [0.3, 0.4) is 0 Å². The number of rotatable bonds is 5. The van der Waals surface area contributed by atoms with Crippen molar-refractivity contribution in [2.75, 3.05) is 31.6 Å². The Bertz CT molecular complexity index is 1340. The lowest BCUT2D eigenvalue weighted by Crippen LogP contribution is -2.35. The highest BCUT2D eigenvalue weighted by molar-refractivity contribution is 7.22. The molecule has 1 aliphatic rings. The molecule has 0 unspecified atom stereocenters. The predicted molar refractivity (Wildman–Crippen MR) is 138 cm³/mol. The van der Waals surface area contributed by atoms with Gasteiger partial charge in [-0.2, -0.15) is 4.98 Å². The van der Waals surface area contributed by atoms with Crippen molar-refractivity contribution in [2.24, 2.45) is 0 Å². The fraction of sp³-hybridized carbons (Fsp3) is 0.200. The predicted octanol–water partition coefficient (Wildman–Crippen LogP) is 5.84. The second-order valence-corrected chi connectivity index (χ2v) is 9.08. The first-order chi connectivity index (χ1) is 15.8. The molecular weight excluding hydrogens is 454 g/mol. The molecule has 1 aliphatic heterocycles. The van der Waals surface area contributed by atoms with Gasteiger partial charge in [-0.3, -0.25) is 4.90 Å². The van der Waals surface area contributed by atoms with Crippen LogP contribution in [0.4, 0.5) is 11.6 Å². The van der Waals surface area contributed by atoms with E-state index < -0.39 is 0 Å².